The Hall–Kier alpha value is -2.21. The summed E-state index contributed by atoms with van der Waals surface area (Å²) < 4.78 is 1.89. The number of nitrogens with zero attached hydrogens (tertiary/aromatic N) is 4. The van der Waals surface area contributed by atoms with E-state index in [1.165, 1.54) is 5.56 Å². The highest BCUT2D eigenvalue weighted by molar-refractivity contribution is 5.94. The van der Waals surface area contributed by atoms with Gasteiger partial charge in [-0.05, 0) is 31.0 Å². The van der Waals surface area contributed by atoms with E-state index in [2.05, 4.69) is 27.2 Å². The van der Waals surface area contributed by atoms with E-state index in [1.807, 2.05) is 35.9 Å². The average Bonchev–Trinajstić information content (AvgIpc) is 3.02. The van der Waals surface area contributed by atoms with Crippen molar-refractivity contribution in [3.8, 4) is 0 Å². The van der Waals surface area contributed by atoms with E-state index < -0.39 is 0 Å². The quantitative estimate of drug-likeness (QED) is 0.933. The second-order valence-corrected chi connectivity index (χ2v) is 5.59. The van der Waals surface area contributed by atoms with Crippen molar-refractivity contribution < 1.29 is 4.79 Å². The molecule has 22 heavy (non-hydrogen) atoms. The summed E-state index contributed by atoms with van der Waals surface area (Å²) >= 11 is 0. The van der Waals surface area contributed by atoms with E-state index >= 15 is 0 Å². The molecule has 1 N–H and O–H groups in total. The van der Waals surface area contributed by atoms with E-state index in [0.29, 0.717) is 6.54 Å². The number of carbonyl (C=O) groups excluding carboxylic acids is 1. The molecule has 1 aliphatic heterocycles. The van der Waals surface area contributed by atoms with Crippen molar-refractivity contribution in [2.45, 2.75) is 39.4 Å². The van der Waals surface area contributed by atoms with Gasteiger partial charge in [-0.1, -0.05) is 19.1 Å². The molecular formula is C16H21N5O. The lowest BCUT2D eigenvalue weighted by molar-refractivity contribution is -0.121. The van der Waals surface area contributed by atoms with Gasteiger partial charge in [-0.2, -0.15) is 5.10 Å². The number of nitrogens with one attached hydrogen (secondary N) is 1. The fraction of sp³-hybridized carbons (Fsp3) is 0.438. The minimum Gasteiger partial charge on any atom is -0.325 e. The highest BCUT2D eigenvalue weighted by atomic mass is 16.2. The average molecular weight is 299 g/mol. The zero-order valence-electron chi connectivity index (χ0n) is 13.0. The molecule has 0 bridgehead atoms. The van der Waals surface area contributed by atoms with Crippen LogP contribution in [0.4, 0.5) is 5.69 Å². The first-order valence-corrected chi connectivity index (χ1v) is 7.68. The molecule has 1 aromatic carbocycles. The zero-order chi connectivity index (χ0) is 15.5. The number of fused-ring (bicyclic) bond motifs is 1. The Morgan fingerprint density at radius 1 is 1.32 bits per heavy atom. The van der Waals surface area contributed by atoms with Crippen molar-refractivity contribution in [2.75, 3.05) is 11.9 Å². The molecule has 116 valence electrons. The first-order valence-electron chi connectivity index (χ1n) is 7.68. The van der Waals surface area contributed by atoms with Gasteiger partial charge in [0.25, 0.3) is 0 Å². The van der Waals surface area contributed by atoms with Gasteiger partial charge in [-0.25, -0.2) is 9.67 Å². The molecule has 1 aromatic heterocycles. The van der Waals surface area contributed by atoms with Crippen LogP contribution >= 0.6 is 0 Å². The third-order valence-corrected chi connectivity index (χ3v) is 4.20. The molecule has 6 nitrogen and oxygen atoms in total. The van der Waals surface area contributed by atoms with Gasteiger partial charge in [0.1, 0.15) is 12.2 Å². The molecule has 2 aromatic rings. The Balaban J connectivity index is 1.62. The number of carbonyl (C=O) groups is 1. The minimum absolute atomic E-state index is 0.0113. The van der Waals surface area contributed by atoms with Crippen LogP contribution < -0.4 is 5.32 Å². The summed E-state index contributed by atoms with van der Waals surface area (Å²) in [6.07, 6.45) is 2.57. The molecule has 1 unspecified atom stereocenters. The Morgan fingerprint density at radius 3 is 2.82 bits per heavy atom. The van der Waals surface area contributed by atoms with E-state index in [9.17, 15) is 4.79 Å². The monoisotopic (exact) mass is 299 g/mol. The van der Waals surface area contributed by atoms with E-state index in [1.54, 1.807) is 6.33 Å². The number of benzene rings is 1. The highest BCUT2D eigenvalue weighted by Crippen LogP contribution is 2.15. The van der Waals surface area contributed by atoms with Crippen molar-refractivity contribution in [1.29, 1.82) is 0 Å². The fourth-order valence-electron chi connectivity index (χ4n) is 2.65. The summed E-state index contributed by atoms with van der Waals surface area (Å²) in [5, 5.41) is 7.14. The molecule has 1 aliphatic rings. The summed E-state index contributed by atoms with van der Waals surface area (Å²) in [5.41, 5.74) is 2.11. The van der Waals surface area contributed by atoms with Gasteiger partial charge in [0.2, 0.25) is 5.91 Å². The summed E-state index contributed by atoms with van der Waals surface area (Å²) in [4.78, 5) is 18.8. The smallest absolute Gasteiger partial charge is 0.241 e. The maximum Gasteiger partial charge on any atom is 0.241 e. The number of rotatable bonds is 4. The van der Waals surface area contributed by atoms with Crippen molar-refractivity contribution in [3.63, 3.8) is 0 Å². The van der Waals surface area contributed by atoms with Gasteiger partial charge < -0.3 is 5.32 Å². The predicted molar refractivity (Wildman–Crippen MR) is 84.3 cm³/mol. The summed E-state index contributed by atoms with van der Waals surface area (Å²) in [7, 11) is 0. The van der Waals surface area contributed by atoms with Crippen molar-refractivity contribution in [2.24, 2.45) is 0 Å². The Labute approximate surface area is 130 Å². The normalized spacial score (nSPS) is 16.1. The first-order chi connectivity index (χ1) is 10.7. The second kappa shape index (κ2) is 6.27. The molecule has 0 radical (unpaired) electrons. The molecular weight excluding hydrogens is 278 g/mol. The largest absolute Gasteiger partial charge is 0.325 e. The van der Waals surface area contributed by atoms with Crippen LogP contribution in [0, 0.1) is 0 Å². The fourth-order valence-corrected chi connectivity index (χ4v) is 2.65. The summed E-state index contributed by atoms with van der Waals surface area (Å²) in [6, 6.07) is 7.80. The maximum absolute atomic E-state index is 12.4. The van der Waals surface area contributed by atoms with Gasteiger partial charge in [-0.15, -0.1) is 0 Å². The van der Waals surface area contributed by atoms with E-state index in [-0.39, 0.29) is 11.9 Å². The molecule has 1 amide bonds. The van der Waals surface area contributed by atoms with Crippen LogP contribution in [-0.4, -0.2) is 38.2 Å². The predicted octanol–water partition coefficient (Wildman–Crippen LogP) is 1.68. The molecule has 0 fully saturated rings. The lowest BCUT2D eigenvalue weighted by Gasteiger charge is -2.31. The Bertz CT molecular complexity index is 649. The number of aromatic nitrogens is 3. The Kier molecular flexibility index (Phi) is 4.20. The molecule has 2 heterocycles. The number of anilines is 1. The van der Waals surface area contributed by atoms with Gasteiger partial charge in [0.05, 0.1) is 19.1 Å². The Morgan fingerprint density at radius 2 is 2.09 bits per heavy atom. The first kappa shape index (κ1) is 14.7. The number of hydrogen-bond acceptors (Lipinski definition) is 4. The standard InChI is InChI=1S/C16H21N5O/c1-3-13-4-6-14(7-5-13)19-16(22)12(2)20-8-9-21-15(10-20)17-11-18-21/h4-7,11-12H,3,8-10H2,1-2H3,(H,19,22). The van der Waals surface area contributed by atoms with Gasteiger partial charge in [-0.3, -0.25) is 9.69 Å². The van der Waals surface area contributed by atoms with Crippen LogP contribution in [0.15, 0.2) is 30.6 Å². The lowest BCUT2D eigenvalue weighted by Crippen LogP contribution is -2.46. The lowest BCUT2D eigenvalue weighted by atomic mass is 10.1. The van der Waals surface area contributed by atoms with Gasteiger partial charge in [0, 0.05) is 12.2 Å². The van der Waals surface area contributed by atoms with E-state index in [0.717, 1.165) is 31.0 Å². The van der Waals surface area contributed by atoms with Crippen LogP contribution in [0.2, 0.25) is 0 Å². The number of hydrogen-bond donors (Lipinski definition) is 1. The van der Waals surface area contributed by atoms with Crippen molar-refractivity contribution >= 4 is 11.6 Å². The zero-order valence-corrected chi connectivity index (χ0v) is 13.0. The van der Waals surface area contributed by atoms with Crippen molar-refractivity contribution in [1.82, 2.24) is 19.7 Å². The molecule has 3 rings (SSSR count). The maximum atomic E-state index is 12.4. The summed E-state index contributed by atoms with van der Waals surface area (Å²) in [5.74, 6) is 0.926. The number of amides is 1. The van der Waals surface area contributed by atoms with Crippen LogP contribution in [0.3, 0.4) is 0 Å². The van der Waals surface area contributed by atoms with Gasteiger partial charge >= 0.3 is 0 Å². The minimum atomic E-state index is -0.198. The topological polar surface area (TPSA) is 63.1 Å². The third-order valence-electron chi connectivity index (χ3n) is 4.20. The molecule has 0 saturated carbocycles. The number of aryl methyl sites for hydroxylation is 1. The molecule has 0 saturated heterocycles. The van der Waals surface area contributed by atoms with Crippen molar-refractivity contribution in [3.05, 3.63) is 42.0 Å². The van der Waals surface area contributed by atoms with Crippen LogP contribution in [0.25, 0.3) is 0 Å². The molecule has 0 spiro atoms. The third kappa shape index (κ3) is 3.01. The highest BCUT2D eigenvalue weighted by Gasteiger charge is 2.26. The van der Waals surface area contributed by atoms with Gasteiger partial charge in [0.15, 0.2) is 0 Å². The van der Waals surface area contributed by atoms with Crippen LogP contribution in [0.5, 0.6) is 0 Å². The second-order valence-electron chi connectivity index (χ2n) is 5.59. The summed E-state index contributed by atoms with van der Waals surface area (Å²) in [6.45, 7) is 6.29. The van der Waals surface area contributed by atoms with Crippen LogP contribution in [-0.2, 0) is 24.3 Å². The molecule has 6 heteroatoms. The van der Waals surface area contributed by atoms with E-state index in [4.69, 9.17) is 0 Å². The van der Waals surface area contributed by atoms with Crippen LogP contribution in [0.1, 0.15) is 25.2 Å². The SMILES string of the molecule is CCc1ccc(NC(=O)C(C)N2CCn3ncnc3C2)cc1. The molecule has 1 atom stereocenters. The molecule has 0 aliphatic carbocycles.